The quantitative estimate of drug-likeness (QED) is 0.383. The van der Waals surface area contributed by atoms with E-state index in [2.05, 4.69) is 33.7 Å². The van der Waals surface area contributed by atoms with Gasteiger partial charge in [-0.1, -0.05) is 12.7 Å². The third-order valence-electron chi connectivity index (χ3n) is 3.60. The molecule has 1 amide bonds. The first kappa shape index (κ1) is 18.7. The summed E-state index contributed by atoms with van der Waals surface area (Å²) in [6.07, 6.45) is 6.98. The number of allylic oxidation sites excluding steroid dienone is 2. The fourth-order valence-electron chi connectivity index (χ4n) is 2.34. The van der Waals surface area contributed by atoms with E-state index >= 15 is 0 Å². The maximum absolute atomic E-state index is 11.4. The van der Waals surface area contributed by atoms with Crippen molar-refractivity contribution in [2.24, 2.45) is 12.0 Å². The Hall–Kier alpha value is -3.61. The largest absolute Gasteiger partial charge is 0.399 e. The Morgan fingerprint density at radius 3 is 2.77 bits per heavy atom. The number of nitrogen functional groups attached to an aromatic ring is 1. The number of benzene rings is 1. The number of carbonyl (C=O) groups excluding carboxylic acids is 1. The standard InChI is InChI=1S/C10H11N3O.C9H11N3/c1-12-10(14)8-5-13-9-3-2-6(11)4-7(8)9;1-4-5-8(10-2)9-6-7-12(3)11-9/h2-5,13H,11H2,1H3,(H,12,14);4-7H,1-2H2,3H3/b;8-5-. The molecule has 0 aliphatic heterocycles. The highest BCUT2D eigenvalue weighted by Gasteiger charge is 2.09. The van der Waals surface area contributed by atoms with Crippen LogP contribution in [-0.4, -0.2) is 34.4 Å². The van der Waals surface area contributed by atoms with E-state index in [9.17, 15) is 4.79 Å². The number of nitrogens with two attached hydrogens (primary N) is 1. The van der Waals surface area contributed by atoms with E-state index in [-0.39, 0.29) is 5.91 Å². The Kier molecular flexibility index (Phi) is 6.10. The van der Waals surface area contributed by atoms with Crippen LogP contribution in [0.3, 0.4) is 0 Å². The summed E-state index contributed by atoms with van der Waals surface area (Å²) in [6, 6.07) is 7.32. The summed E-state index contributed by atoms with van der Waals surface area (Å²) in [6.45, 7) is 7.03. The van der Waals surface area contributed by atoms with Crippen LogP contribution in [0.1, 0.15) is 16.1 Å². The van der Waals surface area contributed by atoms with Crippen LogP contribution < -0.4 is 11.1 Å². The lowest BCUT2D eigenvalue weighted by molar-refractivity contribution is 0.0965. The predicted octanol–water partition coefficient (Wildman–Crippen LogP) is 2.76. The molecule has 0 atom stereocenters. The number of aromatic nitrogens is 3. The molecule has 3 rings (SSSR count). The number of fused-ring (bicyclic) bond motifs is 1. The van der Waals surface area contributed by atoms with Gasteiger partial charge in [0.1, 0.15) is 5.69 Å². The molecule has 3 aromatic rings. The highest BCUT2D eigenvalue weighted by Crippen LogP contribution is 2.20. The van der Waals surface area contributed by atoms with Crippen LogP contribution in [0.25, 0.3) is 16.6 Å². The zero-order valence-electron chi connectivity index (χ0n) is 14.9. The monoisotopic (exact) mass is 350 g/mol. The summed E-state index contributed by atoms with van der Waals surface area (Å²) >= 11 is 0. The van der Waals surface area contributed by atoms with Gasteiger partial charge >= 0.3 is 0 Å². The minimum atomic E-state index is -0.109. The first-order valence-corrected chi connectivity index (χ1v) is 7.88. The minimum absolute atomic E-state index is 0.109. The molecule has 7 heteroatoms. The molecule has 1 aromatic carbocycles. The number of H-pyrrole nitrogens is 1. The van der Waals surface area contributed by atoms with E-state index < -0.39 is 0 Å². The molecule has 2 aromatic heterocycles. The Morgan fingerprint density at radius 2 is 2.19 bits per heavy atom. The second kappa shape index (κ2) is 8.48. The van der Waals surface area contributed by atoms with E-state index in [4.69, 9.17) is 5.73 Å². The number of aliphatic imine (C=N–C) groups is 1. The van der Waals surface area contributed by atoms with Crippen molar-refractivity contribution >= 4 is 34.9 Å². The normalized spacial score (nSPS) is 10.8. The number of amides is 1. The van der Waals surface area contributed by atoms with Crippen LogP contribution in [0.5, 0.6) is 0 Å². The summed E-state index contributed by atoms with van der Waals surface area (Å²) in [5.41, 5.74) is 9.39. The van der Waals surface area contributed by atoms with Crippen molar-refractivity contribution in [1.82, 2.24) is 20.1 Å². The van der Waals surface area contributed by atoms with Crippen LogP contribution in [-0.2, 0) is 7.05 Å². The molecule has 0 unspecified atom stereocenters. The number of aryl methyl sites for hydroxylation is 1. The molecule has 134 valence electrons. The molecule has 0 fully saturated rings. The zero-order chi connectivity index (χ0) is 19.1. The summed E-state index contributed by atoms with van der Waals surface area (Å²) in [5.74, 6) is -0.109. The average Bonchev–Trinajstić information content (AvgIpc) is 3.25. The fraction of sp³-hybridized carbons (Fsp3) is 0.105. The van der Waals surface area contributed by atoms with Gasteiger partial charge in [0.25, 0.3) is 5.91 Å². The zero-order valence-corrected chi connectivity index (χ0v) is 14.9. The molecular formula is C19H22N6O. The lowest BCUT2D eigenvalue weighted by Gasteiger charge is -1.97. The summed E-state index contributed by atoms with van der Waals surface area (Å²) in [7, 11) is 3.46. The maximum atomic E-state index is 11.4. The number of hydrogen-bond donors (Lipinski definition) is 3. The van der Waals surface area contributed by atoms with Gasteiger partial charge in [-0.05, 0) is 37.1 Å². The van der Waals surface area contributed by atoms with Gasteiger partial charge in [-0.2, -0.15) is 5.10 Å². The number of hydrogen-bond acceptors (Lipinski definition) is 4. The lowest BCUT2D eigenvalue weighted by Crippen LogP contribution is -2.17. The predicted molar refractivity (Wildman–Crippen MR) is 107 cm³/mol. The van der Waals surface area contributed by atoms with Crippen LogP contribution in [0.15, 0.2) is 60.4 Å². The first-order chi connectivity index (χ1) is 12.5. The van der Waals surface area contributed by atoms with Gasteiger partial charge in [0.15, 0.2) is 0 Å². The second-order valence-corrected chi connectivity index (χ2v) is 5.41. The molecule has 0 aliphatic rings. The number of nitrogens with zero attached hydrogens (tertiary/aromatic N) is 3. The Bertz CT molecular complexity index is 963. The van der Waals surface area contributed by atoms with Crippen molar-refractivity contribution < 1.29 is 4.79 Å². The number of nitrogens with one attached hydrogen (secondary N) is 2. The topological polar surface area (TPSA) is 101 Å². The van der Waals surface area contributed by atoms with Gasteiger partial charge in [-0.25, -0.2) is 0 Å². The van der Waals surface area contributed by atoms with Crippen LogP contribution in [0.4, 0.5) is 5.69 Å². The lowest BCUT2D eigenvalue weighted by atomic mass is 10.1. The van der Waals surface area contributed by atoms with Gasteiger partial charge in [0.2, 0.25) is 0 Å². The van der Waals surface area contributed by atoms with E-state index in [1.54, 1.807) is 42.2 Å². The van der Waals surface area contributed by atoms with Crippen molar-refractivity contribution in [2.45, 2.75) is 0 Å². The van der Waals surface area contributed by atoms with Crippen molar-refractivity contribution in [1.29, 1.82) is 0 Å². The number of aromatic amines is 1. The first-order valence-electron chi connectivity index (χ1n) is 7.88. The number of rotatable bonds is 4. The SMILES string of the molecule is C=C/C=C(\N=C)c1ccn(C)n1.CNC(=O)c1c[nH]c2ccc(N)cc12. The Morgan fingerprint density at radius 1 is 1.42 bits per heavy atom. The fourth-order valence-corrected chi connectivity index (χ4v) is 2.34. The van der Waals surface area contributed by atoms with Crippen LogP contribution in [0, 0.1) is 0 Å². The molecule has 0 bridgehead atoms. The van der Waals surface area contributed by atoms with Gasteiger partial charge in [0.05, 0.1) is 11.3 Å². The molecular weight excluding hydrogens is 328 g/mol. The van der Waals surface area contributed by atoms with E-state index in [1.165, 1.54) is 0 Å². The minimum Gasteiger partial charge on any atom is -0.399 e. The van der Waals surface area contributed by atoms with Gasteiger partial charge < -0.3 is 16.0 Å². The molecule has 4 N–H and O–H groups in total. The van der Waals surface area contributed by atoms with Gasteiger partial charge in [-0.3, -0.25) is 14.5 Å². The number of carbonyl (C=O) groups is 1. The van der Waals surface area contributed by atoms with Gasteiger partial charge in [0, 0.05) is 43.1 Å². The maximum Gasteiger partial charge on any atom is 0.253 e. The van der Waals surface area contributed by atoms with Crippen molar-refractivity contribution in [3.63, 3.8) is 0 Å². The molecule has 0 radical (unpaired) electrons. The van der Waals surface area contributed by atoms with Crippen LogP contribution in [0.2, 0.25) is 0 Å². The molecule has 0 saturated carbocycles. The van der Waals surface area contributed by atoms with Crippen molar-refractivity contribution in [3.8, 4) is 0 Å². The third kappa shape index (κ3) is 4.27. The molecule has 0 saturated heterocycles. The van der Waals surface area contributed by atoms with E-state index in [0.29, 0.717) is 11.3 Å². The van der Waals surface area contributed by atoms with E-state index in [1.807, 2.05) is 25.4 Å². The summed E-state index contributed by atoms with van der Waals surface area (Å²) in [5, 5.41) is 7.60. The Balaban J connectivity index is 0.000000190. The molecule has 0 aliphatic carbocycles. The van der Waals surface area contributed by atoms with Crippen LogP contribution >= 0.6 is 0 Å². The number of anilines is 1. The summed E-state index contributed by atoms with van der Waals surface area (Å²) in [4.78, 5) is 18.3. The van der Waals surface area contributed by atoms with Crippen molar-refractivity contribution in [2.75, 3.05) is 12.8 Å². The molecule has 7 nitrogen and oxygen atoms in total. The highest BCUT2D eigenvalue weighted by molar-refractivity contribution is 6.07. The third-order valence-corrected chi connectivity index (χ3v) is 3.60. The summed E-state index contributed by atoms with van der Waals surface area (Å²) < 4.78 is 1.72. The Labute approximate surface area is 151 Å². The smallest absolute Gasteiger partial charge is 0.253 e. The molecule has 2 heterocycles. The molecule has 26 heavy (non-hydrogen) atoms. The molecule has 0 spiro atoms. The van der Waals surface area contributed by atoms with Gasteiger partial charge in [-0.15, -0.1) is 0 Å². The second-order valence-electron chi connectivity index (χ2n) is 5.41. The average molecular weight is 350 g/mol. The van der Waals surface area contributed by atoms with E-state index in [0.717, 1.165) is 22.3 Å². The highest BCUT2D eigenvalue weighted by atomic mass is 16.1. The van der Waals surface area contributed by atoms with Crippen molar-refractivity contribution in [3.05, 3.63) is 66.6 Å².